The van der Waals surface area contributed by atoms with Gasteiger partial charge >= 0.3 is 0 Å². The van der Waals surface area contributed by atoms with Crippen molar-refractivity contribution in [2.45, 2.75) is 26.8 Å². The van der Waals surface area contributed by atoms with Gasteiger partial charge in [0.25, 0.3) is 0 Å². The second-order valence-electron chi connectivity index (χ2n) is 4.44. The van der Waals surface area contributed by atoms with Crippen molar-refractivity contribution in [2.75, 3.05) is 5.32 Å². The van der Waals surface area contributed by atoms with E-state index in [1.54, 1.807) is 6.07 Å². The van der Waals surface area contributed by atoms with Gasteiger partial charge in [0, 0.05) is 31.0 Å². The summed E-state index contributed by atoms with van der Waals surface area (Å²) in [6.45, 7) is 4.70. The average Bonchev–Trinajstić information content (AvgIpc) is 2.68. The highest BCUT2D eigenvalue weighted by molar-refractivity contribution is 5.51. The molecule has 0 aliphatic rings. The van der Waals surface area contributed by atoms with Gasteiger partial charge < -0.3 is 5.32 Å². The fraction of sp³-hybridized carbons (Fsp3) is 0.357. The van der Waals surface area contributed by atoms with Crippen molar-refractivity contribution in [2.24, 2.45) is 7.05 Å². The molecule has 1 aromatic carbocycles. The number of halogens is 1. The Kier molecular flexibility index (Phi) is 3.65. The number of hydrogen-bond acceptors (Lipinski definition) is 2. The van der Waals surface area contributed by atoms with Crippen LogP contribution in [0.25, 0.3) is 0 Å². The zero-order valence-electron chi connectivity index (χ0n) is 11.0. The summed E-state index contributed by atoms with van der Waals surface area (Å²) >= 11 is 0. The van der Waals surface area contributed by atoms with E-state index >= 15 is 0 Å². The summed E-state index contributed by atoms with van der Waals surface area (Å²) in [5.41, 5.74) is 4.16. The van der Waals surface area contributed by atoms with E-state index in [0.717, 1.165) is 23.4 Å². The molecule has 18 heavy (non-hydrogen) atoms. The Morgan fingerprint density at radius 2 is 2.17 bits per heavy atom. The van der Waals surface area contributed by atoms with Gasteiger partial charge in [-0.25, -0.2) is 4.39 Å². The number of nitrogens with zero attached hydrogens (tertiary/aromatic N) is 2. The molecule has 0 aliphatic carbocycles. The number of benzene rings is 1. The molecule has 0 amide bonds. The normalized spacial score (nSPS) is 10.7. The molecule has 0 aliphatic heterocycles. The number of aryl methyl sites for hydroxylation is 3. The molecule has 1 heterocycles. The molecule has 0 radical (unpaired) electrons. The van der Waals surface area contributed by atoms with Crippen molar-refractivity contribution in [3.8, 4) is 0 Å². The Morgan fingerprint density at radius 1 is 1.39 bits per heavy atom. The van der Waals surface area contributed by atoms with E-state index in [2.05, 4.69) is 17.3 Å². The highest BCUT2D eigenvalue weighted by Crippen LogP contribution is 2.17. The molecule has 1 aromatic heterocycles. The van der Waals surface area contributed by atoms with E-state index in [-0.39, 0.29) is 5.82 Å². The van der Waals surface area contributed by atoms with Crippen molar-refractivity contribution >= 4 is 5.69 Å². The van der Waals surface area contributed by atoms with Crippen molar-refractivity contribution in [3.05, 3.63) is 47.0 Å². The van der Waals surface area contributed by atoms with E-state index in [1.807, 2.05) is 24.9 Å². The van der Waals surface area contributed by atoms with Crippen LogP contribution in [-0.2, 0) is 20.0 Å². The predicted molar refractivity (Wildman–Crippen MR) is 71.0 cm³/mol. The molecule has 0 atom stereocenters. The average molecular weight is 247 g/mol. The Balaban J connectivity index is 2.11. The first kappa shape index (κ1) is 12.6. The van der Waals surface area contributed by atoms with Gasteiger partial charge in [0.15, 0.2) is 0 Å². The molecule has 2 rings (SSSR count). The zero-order valence-corrected chi connectivity index (χ0v) is 11.0. The van der Waals surface area contributed by atoms with Crippen molar-refractivity contribution in [3.63, 3.8) is 0 Å². The van der Waals surface area contributed by atoms with Crippen LogP contribution in [0.3, 0.4) is 0 Å². The lowest BCUT2D eigenvalue weighted by Crippen LogP contribution is -2.02. The topological polar surface area (TPSA) is 29.9 Å². The summed E-state index contributed by atoms with van der Waals surface area (Å²) in [5.74, 6) is -0.200. The van der Waals surface area contributed by atoms with Gasteiger partial charge in [0.1, 0.15) is 5.82 Å². The summed E-state index contributed by atoms with van der Waals surface area (Å²) in [5, 5.41) is 7.72. The number of nitrogens with one attached hydrogen (secondary N) is 1. The minimum atomic E-state index is -0.200. The molecule has 3 nitrogen and oxygen atoms in total. The van der Waals surface area contributed by atoms with Crippen LogP contribution < -0.4 is 5.32 Å². The van der Waals surface area contributed by atoms with Gasteiger partial charge in [0.2, 0.25) is 0 Å². The zero-order chi connectivity index (χ0) is 13.1. The first-order valence-corrected chi connectivity index (χ1v) is 6.11. The van der Waals surface area contributed by atoms with Crippen LogP contribution in [0, 0.1) is 12.7 Å². The summed E-state index contributed by atoms with van der Waals surface area (Å²) in [7, 11) is 1.92. The fourth-order valence-electron chi connectivity index (χ4n) is 2.04. The Morgan fingerprint density at radius 3 is 2.83 bits per heavy atom. The van der Waals surface area contributed by atoms with E-state index in [1.165, 1.54) is 17.7 Å². The quantitative estimate of drug-likeness (QED) is 0.900. The highest BCUT2D eigenvalue weighted by Gasteiger charge is 2.06. The van der Waals surface area contributed by atoms with Gasteiger partial charge in [-0.1, -0.05) is 6.92 Å². The summed E-state index contributed by atoms with van der Waals surface area (Å²) < 4.78 is 14.8. The summed E-state index contributed by atoms with van der Waals surface area (Å²) in [4.78, 5) is 0. The van der Waals surface area contributed by atoms with Crippen molar-refractivity contribution < 1.29 is 4.39 Å². The molecule has 2 aromatic rings. The third kappa shape index (κ3) is 2.70. The second kappa shape index (κ2) is 5.21. The van der Waals surface area contributed by atoms with Crippen LogP contribution in [0.2, 0.25) is 0 Å². The molecule has 0 fully saturated rings. The molecular weight excluding hydrogens is 229 g/mol. The number of anilines is 1. The Hall–Kier alpha value is -1.84. The van der Waals surface area contributed by atoms with Crippen LogP contribution in [0.4, 0.5) is 10.1 Å². The molecule has 0 bridgehead atoms. The number of hydrogen-bond donors (Lipinski definition) is 1. The van der Waals surface area contributed by atoms with Crippen LogP contribution in [0.1, 0.15) is 23.7 Å². The first-order chi connectivity index (χ1) is 8.60. The predicted octanol–water partition coefficient (Wildman–Crippen LogP) is 3.04. The smallest absolute Gasteiger partial charge is 0.123 e. The van der Waals surface area contributed by atoms with Gasteiger partial charge in [-0.05, 0) is 37.1 Å². The van der Waals surface area contributed by atoms with E-state index in [9.17, 15) is 4.39 Å². The minimum Gasteiger partial charge on any atom is -0.381 e. The highest BCUT2D eigenvalue weighted by atomic mass is 19.1. The van der Waals surface area contributed by atoms with E-state index < -0.39 is 0 Å². The van der Waals surface area contributed by atoms with Gasteiger partial charge in [-0.15, -0.1) is 0 Å². The van der Waals surface area contributed by atoms with E-state index in [0.29, 0.717) is 6.54 Å². The van der Waals surface area contributed by atoms with Gasteiger partial charge in [0.05, 0.1) is 5.69 Å². The molecular formula is C14H18FN3. The number of aromatic nitrogens is 2. The third-order valence-electron chi connectivity index (χ3n) is 2.98. The molecule has 0 saturated carbocycles. The van der Waals surface area contributed by atoms with Crippen LogP contribution in [-0.4, -0.2) is 9.78 Å². The second-order valence-corrected chi connectivity index (χ2v) is 4.44. The SMILES string of the molecule is CCc1nn(C)cc1CNc1ccc(F)cc1C. The maximum Gasteiger partial charge on any atom is 0.123 e. The number of rotatable bonds is 4. The van der Waals surface area contributed by atoms with Gasteiger partial charge in [-0.3, -0.25) is 4.68 Å². The largest absolute Gasteiger partial charge is 0.381 e. The van der Waals surface area contributed by atoms with Crippen LogP contribution in [0.5, 0.6) is 0 Å². The molecule has 1 N–H and O–H groups in total. The lowest BCUT2D eigenvalue weighted by molar-refractivity contribution is 0.627. The summed E-state index contributed by atoms with van der Waals surface area (Å²) in [6, 6.07) is 4.78. The van der Waals surface area contributed by atoms with Crippen molar-refractivity contribution in [1.82, 2.24) is 9.78 Å². The summed E-state index contributed by atoms with van der Waals surface area (Å²) in [6.07, 6.45) is 2.94. The lowest BCUT2D eigenvalue weighted by atomic mass is 10.1. The molecule has 0 unspecified atom stereocenters. The minimum absolute atomic E-state index is 0.200. The molecule has 4 heteroatoms. The van der Waals surface area contributed by atoms with Crippen LogP contribution in [0.15, 0.2) is 24.4 Å². The Labute approximate surface area is 107 Å². The maximum absolute atomic E-state index is 13.0. The van der Waals surface area contributed by atoms with Crippen LogP contribution >= 0.6 is 0 Å². The first-order valence-electron chi connectivity index (χ1n) is 6.11. The molecule has 0 saturated heterocycles. The third-order valence-corrected chi connectivity index (χ3v) is 2.98. The molecule has 96 valence electrons. The lowest BCUT2D eigenvalue weighted by Gasteiger charge is -2.09. The standard InChI is InChI=1S/C14H18FN3/c1-4-13-11(9-18(3)17-13)8-16-14-6-5-12(15)7-10(14)2/h5-7,9,16H,4,8H2,1-3H3. The van der Waals surface area contributed by atoms with Gasteiger partial charge in [-0.2, -0.15) is 5.10 Å². The molecule has 0 spiro atoms. The van der Waals surface area contributed by atoms with Crippen molar-refractivity contribution in [1.29, 1.82) is 0 Å². The van der Waals surface area contributed by atoms with E-state index in [4.69, 9.17) is 0 Å². The monoisotopic (exact) mass is 247 g/mol. The maximum atomic E-state index is 13.0. The Bertz CT molecular complexity index is 546. The fourth-order valence-corrected chi connectivity index (χ4v) is 2.04.